The lowest BCUT2D eigenvalue weighted by atomic mass is 9.84. The van der Waals surface area contributed by atoms with Crippen LogP contribution in [0.1, 0.15) is 58.8 Å². The van der Waals surface area contributed by atoms with Gasteiger partial charge in [0, 0.05) is 19.5 Å². The van der Waals surface area contributed by atoms with Crippen molar-refractivity contribution in [2.75, 3.05) is 13.1 Å². The average molecular weight is 364 g/mol. The molecule has 4 atom stereocenters. The molecule has 0 spiro atoms. The van der Waals surface area contributed by atoms with Gasteiger partial charge in [-0.3, -0.25) is 14.6 Å². The Morgan fingerprint density at radius 1 is 1.28 bits per heavy atom. The minimum Gasteiger partial charge on any atom is -0.343 e. The van der Waals surface area contributed by atoms with E-state index in [2.05, 4.69) is 12.2 Å². The standard InChI is InChI=1S/C19H29N3O2S/c1-3-16(23)22-8-6-14(7-9-22)19(2)17(24)21-18(25-19)20-15-11-12-4-5-13(15)10-12/h12-15H,3-11H2,1-2H3,(H,20,21,24)/t12-,13?,15+,19?/m1/s1. The molecule has 2 aliphatic carbocycles. The first-order valence-corrected chi connectivity index (χ1v) is 10.7. The molecule has 2 aliphatic heterocycles. The van der Waals surface area contributed by atoms with Crippen molar-refractivity contribution < 1.29 is 9.59 Å². The molecular weight excluding hydrogens is 334 g/mol. The van der Waals surface area contributed by atoms with Crippen LogP contribution in [0.15, 0.2) is 4.99 Å². The summed E-state index contributed by atoms with van der Waals surface area (Å²) in [6.07, 6.45) is 7.61. The van der Waals surface area contributed by atoms with Gasteiger partial charge in [0.15, 0.2) is 5.17 Å². The van der Waals surface area contributed by atoms with Gasteiger partial charge in [-0.05, 0) is 56.8 Å². The third-order valence-corrected chi connectivity index (χ3v) is 8.24. The highest BCUT2D eigenvalue weighted by Gasteiger charge is 2.50. The van der Waals surface area contributed by atoms with Crippen molar-refractivity contribution in [2.24, 2.45) is 22.7 Å². The van der Waals surface area contributed by atoms with Gasteiger partial charge in [0.1, 0.15) is 4.75 Å². The van der Waals surface area contributed by atoms with Crippen molar-refractivity contribution in [3.8, 4) is 0 Å². The Balaban J connectivity index is 1.40. The van der Waals surface area contributed by atoms with Crippen LogP contribution in [0.25, 0.3) is 0 Å². The second-order valence-corrected chi connectivity index (χ2v) is 9.79. The van der Waals surface area contributed by atoms with E-state index in [1.165, 1.54) is 25.7 Å². The zero-order valence-corrected chi connectivity index (χ0v) is 16.1. The predicted molar refractivity (Wildman–Crippen MR) is 100 cm³/mol. The van der Waals surface area contributed by atoms with E-state index < -0.39 is 4.75 Å². The molecule has 1 N–H and O–H groups in total. The molecule has 0 aromatic carbocycles. The van der Waals surface area contributed by atoms with Crippen LogP contribution >= 0.6 is 11.8 Å². The van der Waals surface area contributed by atoms with Crippen LogP contribution in [-0.2, 0) is 9.59 Å². The van der Waals surface area contributed by atoms with E-state index >= 15 is 0 Å². The molecule has 25 heavy (non-hydrogen) atoms. The lowest BCUT2D eigenvalue weighted by Gasteiger charge is -2.38. The molecule has 0 aromatic rings. The van der Waals surface area contributed by atoms with Crippen molar-refractivity contribution in [3.05, 3.63) is 0 Å². The molecule has 138 valence electrons. The highest BCUT2D eigenvalue weighted by Crippen LogP contribution is 2.48. The van der Waals surface area contributed by atoms with Crippen LogP contribution in [0.5, 0.6) is 0 Å². The highest BCUT2D eigenvalue weighted by atomic mass is 32.2. The molecule has 6 heteroatoms. The van der Waals surface area contributed by atoms with Gasteiger partial charge in [-0.25, -0.2) is 0 Å². The van der Waals surface area contributed by atoms with Gasteiger partial charge in [-0.2, -0.15) is 0 Å². The van der Waals surface area contributed by atoms with Gasteiger partial charge in [0.25, 0.3) is 0 Å². The largest absolute Gasteiger partial charge is 0.343 e. The number of aliphatic imine (C=N–C) groups is 1. The lowest BCUT2D eigenvalue weighted by Crippen LogP contribution is -2.47. The lowest BCUT2D eigenvalue weighted by molar-refractivity contribution is -0.132. The number of carbonyl (C=O) groups excluding carboxylic acids is 2. The predicted octanol–water partition coefficient (Wildman–Crippen LogP) is 2.80. The Bertz CT molecular complexity index is 599. The Labute approximate surface area is 154 Å². The first kappa shape index (κ1) is 17.4. The van der Waals surface area contributed by atoms with E-state index in [4.69, 9.17) is 4.99 Å². The fourth-order valence-corrected chi connectivity index (χ4v) is 6.52. The van der Waals surface area contributed by atoms with Crippen molar-refractivity contribution >= 4 is 28.7 Å². The molecule has 5 nitrogen and oxygen atoms in total. The third-order valence-electron chi connectivity index (χ3n) is 6.89. The third kappa shape index (κ3) is 3.11. The molecule has 2 heterocycles. The van der Waals surface area contributed by atoms with Gasteiger partial charge >= 0.3 is 0 Å². The van der Waals surface area contributed by atoms with Crippen LogP contribution in [0.2, 0.25) is 0 Å². The number of amides is 2. The van der Waals surface area contributed by atoms with Gasteiger partial charge in [-0.15, -0.1) is 0 Å². The van der Waals surface area contributed by atoms with E-state index in [9.17, 15) is 9.59 Å². The fraction of sp³-hybridized carbons (Fsp3) is 0.842. The van der Waals surface area contributed by atoms with Crippen molar-refractivity contribution in [3.63, 3.8) is 0 Å². The second-order valence-electron chi connectivity index (χ2n) is 8.35. The van der Waals surface area contributed by atoms with Gasteiger partial charge < -0.3 is 10.2 Å². The Morgan fingerprint density at radius 3 is 2.64 bits per heavy atom. The number of amidine groups is 1. The van der Waals surface area contributed by atoms with Gasteiger partial charge in [0.2, 0.25) is 11.8 Å². The zero-order valence-electron chi connectivity index (χ0n) is 15.3. The maximum Gasteiger partial charge on any atom is 0.242 e. The summed E-state index contributed by atoms with van der Waals surface area (Å²) in [7, 11) is 0. The van der Waals surface area contributed by atoms with E-state index in [0.717, 1.165) is 42.9 Å². The molecule has 4 aliphatic rings. The van der Waals surface area contributed by atoms with Crippen LogP contribution in [0.3, 0.4) is 0 Å². The number of carbonyl (C=O) groups is 2. The zero-order chi connectivity index (χ0) is 17.6. The number of fused-ring (bicyclic) bond motifs is 2. The maximum atomic E-state index is 12.7. The van der Waals surface area contributed by atoms with E-state index in [1.807, 2.05) is 11.8 Å². The molecule has 2 saturated carbocycles. The van der Waals surface area contributed by atoms with Crippen molar-refractivity contribution in [1.29, 1.82) is 0 Å². The van der Waals surface area contributed by atoms with Crippen LogP contribution in [-0.4, -0.2) is 45.8 Å². The van der Waals surface area contributed by atoms with Crippen LogP contribution in [0, 0.1) is 17.8 Å². The molecule has 0 radical (unpaired) electrons. The Morgan fingerprint density at radius 2 is 2.04 bits per heavy atom. The summed E-state index contributed by atoms with van der Waals surface area (Å²) in [4.78, 5) is 31.5. The summed E-state index contributed by atoms with van der Waals surface area (Å²) in [6, 6.07) is 0.424. The van der Waals surface area contributed by atoms with Crippen molar-refractivity contribution in [1.82, 2.24) is 10.2 Å². The summed E-state index contributed by atoms with van der Waals surface area (Å²) in [5.74, 6) is 2.26. The smallest absolute Gasteiger partial charge is 0.242 e. The molecular formula is C19H29N3O2S. The van der Waals surface area contributed by atoms with E-state index in [0.29, 0.717) is 18.4 Å². The minimum atomic E-state index is -0.433. The number of rotatable bonds is 3. The molecule has 4 rings (SSSR count). The molecule has 2 saturated heterocycles. The summed E-state index contributed by atoms with van der Waals surface area (Å²) >= 11 is 1.64. The monoisotopic (exact) mass is 363 g/mol. The topological polar surface area (TPSA) is 61.8 Å². The second kappa shape index (κ2) is 6.60. The Hall–Kier alpha value is -1.04. The SMILES string of the molecule is CCC(=O)N1CCC(C2(C)SC(=N[C@H]3C[C@@H]4CCC3C4)NC2=O)CC1. The summed E-state index contributed by atoms with van der Waals surface area (Å²) in [6.45, 7) is 5.53. The molecule has 2 amide bonds. The Kier molecular flexibility index (Phi) is 4.59. The summed E-state index contributed by atoms with van der Waals surface area (Å²) in [5, 5.41) is 3.91. The number of thioether (sulfide) groups is 1. The van der Waals surface area contributed by atoms with Gasteiger partial charge in [0.05, 0.1) is 6.04 Å². The van der Waals surface area contributed by atoms with Crippen LogP contribution < -0.4 is 5.32 Å². The van der Waals surface area contributed by atoms with Crippen LogP contribution in [0.4, 0.5) is 0 Å². The molecule has 4 fully saturated rings. The first-order chi connectivity index (χ1) is 12.0. The number of nitrogens with zero attached hydrogens (tertiary/aromatic N) is 2. The van der Waals surface area contributed by atoms with E-state index in [-0.39, 0.29) is 11.8 Å². The molecule has 0 aromatic heterocycles. The molecule has 2 bridgehead atoms. The number of hydrogen-bond acceptors (Lipinski definition) is 4. The fourth-order valence-electron chi connectivity index (χ4n) is 5.24. The summed E-state index contributed by atoms with van der Waals surface area (Å²) < 4.78 is -0.433. The summed E-state index contributed by atoms with van der Waals surface area (Å²) in [5.41, 5.74) is 0. The van der Waals surface area contributed by atoms with Crippen molar-refractivity contribution in [2.45, 2.75) is 69.6 Å². The normalized spacial score (nSPS) is 40.1. The first-order valence-electron chi connectivity index (χ1n) is 9.85. The number of likely N-dealkylation sites (tertiary alicyclic amines) is 1. The quantitative estimate of drug-likeness (QED) is 0.839. The van der Waals surface area contributed by atoms with E-state index in [1.54, 1.807) is 11.8 Å². The minimum absolute atomic E-state index is 0.111. The van der Waals surface area contributed by atoms with Gasteiger partial charge in [-0.1, -0.05) is 25.1 Å². The average Bonchev–Trinajstić information content (AvgIpc) is 3.30. The number of hydrogen-bond donors (Lipinski definition) is 1. The number of piperidine rings is 1. The number of nitrogens with one attached hydrogen (secondary N) is 1. The molecule has 2 unspecified atom stereocenters. The highest BCUT2D eigenvalue weighted by molar-refractivity contribution is 8.16. The maximum absolute atomic E-state index is 12.7.